The summed E-state index contributed by atoms with van der Waals surface area (Å²) >= 11 is 1.24. The quantitative estimate of drug-likeness (QED) is 0.165. The highest BCUT2D eigenvalue weighted by Gasteiger charge is 2.24. The van der Waals surface area contributed by atoms with Gasteiger partial charge in [-0.05, 0) is 49.6 Å². The number of carbonyl (C=O) groups excluding carboxylic acids is 4. The molecule has 0 saturated heterocycles. The smallest absolute Gasteiger partial charge is 0.341 e. The van der Waals surface area contributed by atoms with E-state index in [-0.39, 0.29) is 17.7 Å². The number of Topliss-reactive ketones (excluding diaryl/α,β-unsaturated/α-hetero) is 2. The van der Waals surface area contributed by atoms with Gasteiger partial charge in [-0.1, -0.05) is 60.7 Å². The van der Waals surface area contributed by atoms with Crippen molar-refractivity contribution in [1.82, 2.24) is 0 Å². The summed E-state index contributed by atoms with van der Waals surface area (Å²) in [5, 5.41) is 5.00. The van der Waals surface area contributed by atoms with Gasteiger partial charge in [0, 0.05) is 27.6 Å². The highest BCUT2D eigenvalue weighted by atomic mass is 32.1. The van der Waals surface area contributed by atoms with Gasteiger partial charge in [-0.3, -0.25) is 14.4 Å². The molecule has 0 saturated carbocycles. The zero-order valence-corrected chi connectivity index (χ0v) is 21.5. The Morgan fingerprint density at radius 3 is 2.03 bits per heavy atom. The maximum Gasteiger partial charge on any atom is 0.341 e. The SMILES string of the molecule is CCOC(=O)c1c(-c2ccc(C)c(C)c2)csc1NC(=O)c1ccc(C(=O)C(=O)c2ccccc2)cc1. The molecule has 0 unspecified atom stereocenters. The Labute approximate surface area is 218 Å². The zero-order chi connectivity index (χ0) is 26.5. The minimum absolute atomic E-state index is 0.186. The van der Waals surface area contributed by atoms with Crippen molar-refractivity contribution in [3.63, 3.8) is 0 Å². The molecule has 7 heteroatoms. The summed E-state index contributed by atoms with van der Waals surface area (Å²) in [6.45, 7) is 5.94. The van der Waals surface area contributed by atoms with E-state index in [9.17, 15) is 19.2 Å². The van der Waals surface area contributed by atoms with Crippen LogP contribution in [0.25, 0.3) is 11.1 Å². The van der Waals surface area contributed by atoms with Crippen LogP contribution >= 0.6 is 11.3 Å². The van der Waals surface area contributed by atoms with E-state index >= 15 is 0 Å². The molecule has 186 valence electrons. The van der Waals surface area contributed by atoms with E-state index in [2.05, 4.69) is 5.32 Å². The number of rotatable bonds is 8. The van der Waals surface area contributed by atoms with Crippen LogP contribution in [0.15, 0.2) is 78.2 Å². The average molecular weight is 512 g/mol. The molecule has 0 bridgehead atoms. The van der Waals surface area contributed by atoms with E-state index in [0.29, 0.717) is 21.7 Å². The summed E-state index contributed by atoms with van der Waals surface area (Å²) in [6.07, 6.45) is 0. The third kappa shape index (κ3) is 5.57. The van der Waals surface area contributed by atoms with Crippen LogP contribution in [-0.4, -0.2) is 30.0 Å². The molecule has 0 aliphatic carbocycles. The van der Waals surface area contributed by atoms with Crippen molar-refractivity contribution in [1.29, 1.82) is 0 Å². The minimum Gasteiger partial charge on any atom is -0.462 e. The summed E-state index contributed by atoms with van der Waals surface area (Å²) in [7, 11) is 0. The molecule has 0 aliphatic heterocycles. The van der Waals surface area contributed by atoms with E-state index in [0.717, 1.165) is 16.7 Å². The highest BCUT2D eigenvalue weighted by Crippen LogP contribution is 2.37. The van der Waals surface area contributed by atoms with Crippen LogP contribution in [0.2, 0.25) is 0 Å². The number of aryl methyl sites for hydroxylation is 2. The number of esters is 1. The summed E-state index contributed by atoms with van der Waals surface area (Å²) in [5.41, 5.74) is 4.82. The summed E-state index contributed by atoms with van der Waals surface area (Å²) in [6, 6.07) is 20.1. The average Bonchev–Trinajstić information content (AvgIpc) is 3.33. The molecular weight excluding hydrogens is 486 g/mol. The highest BCUT2D eigenvalue weighted by molar-refractivity contribution is 7.15. The zero-order valence-electron chi connectivity index (χ0n) is 20.7. The molecular formula is C30H25NO5S. The van der Waals surface area contributed by atoms with Crippen molar-refractivity contribution < 1.29 is 23.9 Å². The first-order valence-corrected chi connectivity index (χ1v) is 12.6. The summed E-state index contributed by atoms with van der Waals surface area (Å²) in [5.74, 6) is -2.24. The Kier molecular flexibility index (Phi) is 7.74. The first kappa shape index (κ1) is 25.7. The summed E-state index contributed by atoms with van der Waals surface area (Å²) < 4.78 is 5.28. The third-order valence-corrected chi connectivity index (χ3v) is 6.86. The van der Waals surface area contributed by atoms with Crippen molar-refractivity contribution in [3.05, 3.63) is 112 Å². The standard InChI is InChI=1S/C30H25NO5S/c1-4-36-30(35)25-24(23-11-10-18(2)19(3)16-23)17-37-29(25)31-28(34)22-14-12-21(13-15-22)27(33)26(32)20-8-6-5-7-9-20/h5-17H,4H2,1-3H3,(H,31,34). The largest absolute Gasteiger partial charge is 0.462 e. The van der Waals surface area contributed by atoms with Crippen LogP contribution in [-0.2, 0) is 4.74 Å². The lowest BCUT2D eigenvalue weighted by molar-refractivity contribution is 0.0529. The van der Waals surface area contributed by atoms with E-state index in [4.69, 9.17) is 4.74 Å². The van der Waals surface area contributed by atoms with Crippen molar-refractivity contribution in [2.45, 2.75) is 20.8 Å². The van der Waals surface area contributed by atoms with Crippen molar-refractivity contribution in [2.75, 3.05) is 11.9 Å². The van der Waals surface area contributed by atoms with Crippen LogP contribution in [0.1, 0.15) is 59.5 Å². The molecule has 0 atom stereocenters. The van der Waals surface area contributed by atoms with Gasteiger partial charge in [0.1, 0.15) is 10.6 Å². The predicted molar refractivity (Wildman–Crippen MR) is 145 cm³/mol. The molecule has 37 heavy (non-hydrogen) atoms. The second kappa shape index (κ2) is 11.1. The molecule has 0 fully saturated rings. The third-order valence-electron chi connectivity index (χ3n) is 5.97. The van der Waals surface area contributed by atoms with E-state index in [1.165, 1.54) is 35.6 Å². The molecule has 0 aliphatic rings. The van der Waals surface area contributed by atoms with Crippen molar-refractivity contribution in [3.8, 4) is 11.1 Å². The first-order chi connectivity index (χ1) is 17.8. The number of benzene rings is 3. The first-order valence-electron chi connectivity index (χ1n) is 11.7. The van der Waals surface area contributed by atoms with Crippen LogP contribution in [0.4, 0.5) is 5.00 Å². The number of amides is 1. The molecule has 1 aromatic heterocycles. The molecule has 0 spiro atoms. The van der Waals surface area contributed by atoms with Gasteiger partial charge in [-0.25, -0.2) is 4.79 Å². The summed E-state index contributed by atoms with van der Waals surface area (Å²) in [4.78, 5) is 50.9. The van der Waals surface area contributed by atoms with Gasteiger partial charge in [0.2, 0.25) is 11.6 Å². The van der Waals surface area contributed by atoms with Gasteiger partial charge in [-0.2, -0.15) is 0 Å². The fourth-order valence-corrected chi connectivity index (χ4v) is 4.73. The lowest BCUT2D eigenvalue weighted by Crippen LogP contribution is -2.16. The second-order valence-corrected chi connectivity index (χ2v) is 9.31. The molecule has 4 rings (SSSR count). The number of hydrogen-bond acceptors (Lipinski definition) is 6. The van der Waals surface area contributed by atoms with Gasteiger partial charge < -0.3 is 10.1 Å². The van der Waals surface area contributed by atoms with Gasteiger partial charge >= 0.3 is 5.97 Å². The van der Waals surface area contributed by atoms with Gasteiger partial charge in [0.15, 0.2) is 0 Å². The normalized spacial score (nSPS) is 10.6. The van der Waals surface area contributed by atoms with Crippen molar-refractivity contribution in [2.24, 2.45) is 0 Å². The number of thiophene rings is 1. The molecule has 1 heterocycles. The fourth-order valence-electron chi connectivity index (χ4n) is 3.78. The van der Waals surface area contributed by atoms with Crippen LogP contribution < -0.4 is 5.32 Å². The molecule has 1 N–H and O–H groups in total. The molecule has 1 amide bonds. The number of ketones is 2. The van der Waals surface area contributed by atoms with Gasteiger partial charge in [-0.15, -0.1) is 11.3 Å². The van der Waals surface area contributed by atoms with E-state index in [1.54, 1.807) is 37.3 Å². The van der Waals surface area contributed by atoms with Crippen LogP contribution in [0, 0.1) is 13.8 Å². The predicted octanol–water partition coefficient (Wildman–Crippen LogP) is 6.53. The lowest BCUT2D eigenvalue weighted by atomic mass is 9.99. The number of anilines is 1. The number of ether oxygens (including phenoxy) is 1. The van der Waals surface area contributed by atoms with Crippen LogP contribution in [0.3, 0.4) is 0 Å². The molecule has 3 aromatic carbocycles. The number of carbonyl (C=O) groups is 4. The maximum absolute atomic E-state index is 13.0. The fraction of sp³-hybridized carbons (Fsp3) is 0.133. The topological polar surface area (TPSA) is 89.5 Å². The van der Waals surface area contributed by atoms with E-state index < -0.39 is 23.4 Å². The maximum atomic E-state index is 13.0. The Morgan fingerprint density at radius 2 is 1.41 bits per heavy atom. The Bertz CT molecular complexity index is 1490. The minimum atomic E-state index is -0.654. The Morgan fingerprint density at radius 1 is 0.784 bits per heavy atom. The second-order valence-electron chi connectivity index (χ2n) is 8.43. The number of hydrogen-bond donors (Lipinski definition) is 1. The van der Waals surface area contributed by atoms with Gasteiger partial charge in [0.05, 0.1) is 6.61 Å². The molecule has 0 radical (unpaired) electrons. The molecule has 6 nitrogen and oxygen atoms in total. The Balaban J connectivity index is 1.57. The molecule has 4 aromatic rings. The lowest BCUT2D eigenvalue weighted by Gasteiger charge is -2.10. The number of nitrogens with one attached hydrogen (secondary N) is 1. The van der Waals surface area contributed by atoms with Gasteiger partial charge in [0.25, 0.3) is 5.91 Å². The Hall–Kier alpha value is -4.36. The monoisotopic (exact) mass is 511 g/mol. The van der Waals surface area contributed by atoms with Crippen molar-refractivity contribution >= 4 is 39.8 Å². The van der Waals surface area contributed by atoms with Crippen LogP contribution in [0.5, 0.6) is 0 Å². The van der Waals surface area contributed by atoms with E-state index in [1.807, 2.05) is 37.4 Å².